The van der Waals surface area contributed by atoms with Gasteiger partial charge in [-0.15, -0.1) is 0 Å². The molecule has 692 valence electrons. The third-order valence-corrected chi connectivity index (χ3v) is 26.2. The van der Waals surface area contributed by atoms with Crippen molar-refractivity contribution in [3.05, 3.63) is 378 Å². The molecule has 0 saturated heterocycles. The van der Waals surface area contributed by atoms with E-state index in [2.05, 4.69) is 322 Å². The maximum absolute atomic E-state index is 7.71. The number of rotatable bonds is 24. The van der Waals surface area contributed by atoms with Crippen molar-refractivity contribution in [1.82, 2.24) is 0 Å². The summed E-state index contributed by atoms with van der Waals surface area (Å²) in [4.78, 5) is 0. The first-order chi connectivity index (χ1) is 67.1. The van der Waals surface area contributed by atoms with Gasteiger partial charge in [-0.3, -0.25) is 0 Å². The molecule has 12 nitrogen and oxygen atoms in total. The van der Waals surface area contributed by atoms with E-state index in [1.165, 1.54) is 0 Å². The van der Waals surface area contributed by atoms with Gasteiger partial charge in [-0.2, -0.15) is 0 Å². The van der Waals surface area contributed by atoms with Crippen molar-refractivity contribution in [3.63, 3.8) is 0 Å². The van der Waals surface area contributed by atoms with E-state index in [0.717, 1.165) is 274 Å². The summed E-state index contributed by atoms with van der Waals surface area (Å²) in [6.07, 6.45) is 10.6. The zero-order chi connectivity index (χ0) is 92.8. The molecule has 136 heavy (non-hydrogen) atoms. The molecule has 12 heteroatoms. The quantitative estimate of drug-likeness (QED) is 0.0574. The lowest BCUT2D eigenvalue weighted by Crippen LogP contribution is -2.12. The molecule has 0 atom stereocenters. The van der Waals surface area contributed by atoms with Gasteiger partial charge < -0.3 is 56.8 Å². The highest BCUT2D eigenvalue weighted by Crippen LogP contribution is 2.52. The second-order valence-corrected chi connectivity index (χ2v) is 36.6. The monoisotopic (exact) mass is 1800 g/mol. The Kier molecular flexibility index (Phi) is 28.7. The van der Waals surface area contributed by atoms with Crippen LogP contribution in [0.25, 0.3) is 65.3 Å². The van der Waals surface area contributed by atoms with E-state index in [1.807, 2.05) is 0 Å². The lowest BCUT2D eigenvalue weighted by molar-refractivity contribution is 0.297. The summed E-state index contributed by atoms with van der Waals surface area (Å²) in [5.74, 6) is 9.74. The Hall–Kier alpha value is -13.8. The van der Waals surface area contributed by atoms with Crippen molar-refractivity contribution in [1.29, 1.82) is 0 Å². The molecular weight excluding hydrogens is 1680 g/mol. The van der Waals surface area contributed by atoms with Gasteiger partial charge in [0.2, 0.25) is 0 Å². The topological polar surface area (TPSA) is 111 Å². The van der Waals surface area contributed by atoms with Crippen LogP contribution in [0.3, 0.4) is 0 Å². The minimum Gasteiger partial charge on any atom is -0.493 e. The molecule has 16 aromatic carbocycles. The van der Waals surface area contributed by atoms with Gasteiger partial charge in [-0.1, -0.05) is 250 Å². The molecule has 16 aromatic rings. The summed E-state index contributed by atoms with van der Waals surface area (Å²) < 4.78 is 88.5. The van der Waals surface area contributed by atoms with Crippen molar-refractivity contribution in [2.45, 2.75) is 185 Å². The van der Waals surface area contributed by atoms with Crippen LogP contribution in [-0.4, -0.2) is 52.9 Å². The fourth-order valence-corrected chi connectivity index (χ4v) is 20.3. The average molecular weight is 1810 g/mol. The van der Waals surface area contributed by atoms with E-state index in [-0.39, 0.29) is 26.4 Å². The highest BCUT2D eigenvalue weighted by atomic mass is 16.5. The molecule has 0 aromatic heterocycles. The van der Waals surface area contributed by atoms with Crippen molar-refractivity contribution < 1.29 is 56.8 Å². The Labute approximate surface area is 801 Å². The van der Waals surface area contributed by atoms with Gasteiger partial charge in [-0.05, 0) is 279 Å². The standard InChI is InChI=1S/C124H124O12/c1-9-53-125-117-89-33-25-37-93(117)71-97-61-81-65-101(121(97)129-57-13-5)75-102-66-82(62-98(122(102)130-58-14-6)72-94-38-26-34-90(69-89)118(94)126-54-10-2)78-134-111-51-47-87-31-19-23-43-107(87)115(111)116-108-44-24-20-32-88(108)48-52-112(116)136-80-84-64-100-74-96-40-28-36-92(120(96)128-56-12-4)70-91-35-27-39-95(119(91)127-55-11-3)73-99-63-83(67-103(123(99)131-59-15-7)76-104(68-84)124(100)132-60-16-8)79-135-110-50-46-86-30-18-22-42-106(86)114(110)113-105-41-21-17-29-85(105)45-49-109(113)133-77-81/h17-52,61-68H,9-16,53-60,69-80H2,1-8H3. The van der Waals surface area contributed by atoms with Crippen molar-refractivity contribution in [2.75, 3.05) is 52.9 Å². The zero-order valence-corrected chi connectivity index (χ0v) is 80.1. The van der Waals surface area contributed by atoms with E-state index in [1.54, 1.807) is 0 Å². The maximum Gasteiger partial charge on any atom is 0.128 e. The third-order valence-electron chi connectivity index (χ3n) is 26.2. The molecule has 2 aliphatic carbocycles. The first kappa shape index (κ1) is 91.3. The van der Waals surface area contributed by atoms with E-state index >= 15 is 0 Å². The first-order valence-corrected chi connectivity index (χ1v) is 49.7. The van der Waals surface area contributed by atoms with Crippen LogP contribution in [0.2, 0.25) is 0 Å². The first-order valence-electron chi connectivity index (χ1n) is 49.7. The Morgan fingerprint density at radius 1 is 0.176 bits per heavy atom. The van der Waals surface area contributed by atoms with Gasteiger partial charge >= 0.3 is 0 Å². The molecule has 0 saturated carbocycles. The normalized spacial score (nSPS) is 13.1. The molecule has 0 fully saturated rings. The van der Waals surface area contributed by atoms with E-state index < -0.39 is 0 Å². The fourth-order valence-electron chi connectivity index (χ4n) is 20.3. The summed E-state index contributed by atoms with van der Waals surface area (Å²) in [5, 5.41) is 8.41. The SMILES string of the molecule is CCCOc1c2cccc1Cc1cc3cc(c1OCCC)Cc1cc(cc(c1OCCC)Cc1cccc(c1OCCC)C2)COc1ccc2ccccc2c1-c1c(ccc2ccccc12)OCc1cc2c(OCCC)c(c1)Cc1cc(cc(c1OCCC)Cc1cccc(c1OCCC)Cc1cccc(c1OCCC)C2)COc1ccc2ccccc2c1-c1c(ccc2ccccc12)OC3. The predicted molar refractivity (Wildman–Crippen MR) is 551 cm³/mol. The number of hydrogen-bond donors (Lipinski definition) is 0. The molecule has 19 rings (SSSR count). The fraction of sp³-hybridized carbons (Fsp3) is 0.290. The molecule has 20 bridgehead atoms. The van der Waals surface area contributed by atoms with Crippen LogP contribution < -0.4 is 56.8 Å². The summed E-state index contributed by atoms with van der Waals surface area (Å²) in [5.41, 5.74) is 24.4. The van der Waals surface area contributed by atoms with Crippen LogP contribution in [0, 0.1) is 0 Å². The van der Waals surface area contributed by atoms with Crippen molar-refractivity contribution >= 4 is 43.1 Å². The second kappa shape index (κ2) is 42.8. The Balaban J connectivity index is 0.869. The zero-order valence-electron chi connectivity index (χ0n) is 80.1. The second-order valence-electron chi connectivity index (χ2n) is 36.6. The van der Waals surface area contributed by atoms with Crippen LogP contribution in [0.1, 0.15) is 218 Å². The molecule has 1 aliphatic heterocycles. The molecule has 0 amide bonds. The van der Waals surface area contributed by atoms with Crippen LogP contribution in [-0.2, 0) is 77.8 Å². The number of benzene rings is 16. The number of para-hydroxylation sites is 4. The van der Waals surface area contributed by atoms with Crippen LogP contribution in [0.5, 0.6) is 69.0 Å². The lowest BCUT2D eigenvalue weighted by Gasteiger charge is -2.25. The molecular formula is C124H124O12. The number of hydrogen-bond acceptors (Lipinski definition) is 12. The van der Waals surface area contributed by atoms with E-state index in [9.17, 15) is 0 Å². The highest BCUT2D eigenvalue weighted by molar-refractivity contribution is 6.11. The minimum atomic E-state index is 0.202. The smallest absolute Gasteiger partial charge is 0.128 e. The highest BCUT2D eigenvalue weighted by Gasteiger charge is 2.31. The van der Waals surface area contributed by atoms with Gasteiger partial charge in [-0.25, -0.2) is 0 Å². The predicted octanol–water partition coefficient (Wildman–Crippen LogP) is 29.9. The summed E-state index contributed by atoms with van der Waals surface area (Å²) in [6.45, 7) is 22.4. The van der Waals surface area contributed by atoms with Crippen molar-refractivity contribution in [3.8, 4) is 91.2 Å². The average Bonchev–Trinajstić information content (AvgIpc) is 0.759. The number of ether oxygens (including phenoxy) is 12. The molecule has 1 heterocycles. The minimum absolute atomic E-state index is 0.202. The number of fused-ring (bicyclic) bond motifs is 30. The Morgan fingerprint density at radius 3 is 0.522 bits per heavy atom. The molecule has 0 N–H and O–H groups in total. The molecule has 0 spiro atoms. The third kappa shape index (κ3) is 19.7. The Morgan fingerprint density at radius 2 is 0.338 bits per heavy atom. The van der Waals surface area contributed by atoms with Gasteiger partial charge in [0, 0.05) is 73.6 Å². The largest absolute Gasteiger partial charge is 0.493 e. The van der Waals surface area contributed by atoms with Crippen LogP contribution in [0.4, 0.5) is 0 Å². The lowest BCUT2D eigenvalue weighted by atomic mass is 9.89. The summed E-state index contributed by atoms with van der Waals surface area (Å²) in [6, 6.07) is 97.3. The summed E-state index contributed by atoms with van der Waals surface area (Å²) in [7, 11) is 0. The van der Waals surface area contributed by atoms with Crippen molar-refractivity contribution in [2.24, 2.45) is 0 Å². The van der Waals surface area contributed by atoms with Crippen LogP contribution >= 0.6 is 0 Å². The maximum atomic E-state index is 7.71. The van der Waals surface area contributed by atoms with Gasteiger partial charge in [0.15, 0.2) is 0 Å². The molecule has 3 aliphatic rings. The Bertz CT molecular complexity index is 6190. The molecule has 0 radical (unpaired) electrons. The van der Waals surface area contributed by atoms with E-state index in [4.69, 9.17) is 56.8 Å². The molecule has 0 unspecified atom stereocenters. The van der Waals surface area contributed by atoms with Crippen LogP contribution in [0.15, 0.2) is 267 Å². The van der Waals surface area contributed by atoms with Gasteiger partial charge in [0.05, 0.1) is 52.9 Å². The van der Waals surface area contributed by atoms with Gasteiger partial charge in [0.25, 0.3) is 0 Å². The van der Waals surface area contributed by atoms with Gasteiger partial charge in [0.1, 0.15) is 95.4 Å². The van der Waals surface area contributed by atoms with E-state index in [0.29, 0.717) is 127 Å². The summed E-state index contributed by atoms with van der Waals surface area (Å²) >= 11 is 0.